The summed E-state index contributed by atoms with van der Waals surface area (Å²) in [5.41, 5.74) is 2.80. The minimum Gasteiger partial charge on any atom is -0.452 e. The van der Waals surface area contributed by atoms with Crippen LogP contribution in [0.2, 0.25) is 0 Å². The Morgan fingerprint density at radius 3 is 2.18 bits per heavy atom. The average molecular weight is 402 g/mol. The van der Waals surface area contributed by atoms with Gasteiger partial charge in [-0.2, -0.15) is 0 Å². The molecule has 0 unspecified atom stereocenters. The minimum absolute atomic E-state index is 0.108. The van der Waals surface area contributed by atoms with E-state index in [0.29, 0.717) is 17.9 Å². The van der Waals surface area contributed by atoms with Gasteiger partial charge in [0, 0.05) is 19.7 Å². The van der Waals surface area contributed by atoms with Gasteiger partial charge >= 0.3 is 6.09 Å². The van der Waals surface area contributed by atoms with Gasteiger partial charge in [0.25, 0.3) is 0 Å². The van der Waals surface area contributed by atoms with Crippen LogP contribution in [0.4, 0.5) is 16.2 Å². The summed E-state index contributed by atoms with van der Waals surface area (Å²) in [6.07, 6.45) is 0.660. The van der Waals surface area contributed by atoms with Crippen molar-refractivity contribution in [2.45, 2.75) is 24.8 Å². The van der Waals surface area contributed by atoms with Gasteiger partial charge in [0.15, 0.2) is 9.84 Å². The zero-order chi connectivity index (χ0) is 20.6. The molecule has 2 amide bonds. The third kappa shape index (κ3) is 3.60. The smallest absolute Gasteiger partial charge is 0.414 e. The van der Waals surface area contributed by atoms with E-state index in [0.717, 1.165) is 17.4 Å². The lowest BCUT2D eigenvalue weighted by Crippen LogP contribution is -2.51. The molecule has 0 bridgehead atoms. The number of hydrogen-bond donors (Lipinski definition) is 0. The van der Waals surface area contributed by atoms with Gasteiger partial charge in [0.05, 0.1) is 29.4 Å². The molecular weight excluding hydrogens is 380 g/mol. The number of benzene rings is 2. The summed E-state index contributed by atoms with van der Waals surface area (Å²) < 4.78 is 28.2. The van der Waals surface area contributed by atoms with E-state index in [1.54, 1.807) is 35.2 Å². The van der Waals surface area contributed by atoms with E-state index in [2.05, 4.69) is 0 Å². The summed E-state index contributed by atoms with van der Waals surface area (Å²) >= 11 is 0. The van der Waals surface area contributed by atoms with Crippen LogP contribution in [0.15, 0.2) is 47.4 Å². The first-order valence-corrected chi connectivity index (χ1v) is 10.6. The van der Waals surface area contributed by atoms with Crippen LogP contribution in [-0.4, -0.2) is 46.4 Å². The molecule has 8 heteroatoms. The molecule has 0 N–H and O–H groups in total. The number of sulfone groups is 1. The molecule has 0 spiro atoms. The third-order valence-corrected chi connectivity index (χ3v) is 5.89. The second kappa shape index (κ2) is 7.27. The average Bonchev–Trinajstić information content (AvgIpc) is 2.65. The lowest BCUT2D eigenvalue weighted by atomic mass is 10.0. The maximum Gasteiger partial charge on any atom is 0.414 e. The molecule has 1 heterocycles. The Balaban J connectivity index is 2.10. The van der Waals surface area contributed by atoms with Gasteiger partial charge in [-0.1, -0.05) is 18.2 Å². The lowest BCUT2D eigenvalue weighted by molar-refractivity contribution is -0.117. The van der Waals surface area contributed by atoms with Crippen molar-refractivity contribution in [1.82, 2.24) is 0 Å². The highest BCUT2D eigenvalue weighted by Crippen LogP contribution is 2.39. The van der Waals surface area contributed by atoms with E-state index in [4.69, 9.17) is 4.74 Å². The zero-order valence-electron chi connectivity index (χ0n) is 16.2. The summed E-state index contributed by atoms with van der Waals surface area (Å²) in [5.74, 6) is -0.108. The van der Waals surface area contributed by atoms with Gasteiger partial charge in [-0.3, -0.25) is 9.69 Å². The molecule has 1 atom stereocenters. The van der Waals surface area contributed by atoms with E-state index >= 15 is 0 Å². The number of ether oxygens (including phenoxy) is 1. The number of carbonyl (C=O) groups is 2. The molecule has 0 aromatic heterocycles. The van der Waals surface area contributed by atoms with Crippen LogP contribution in [-0.2, 0) is 19.4 Å². The highest BCUT2D eigenvalue weighted by Gasteiger charge is 2.34. The van der Waals surface area contributed by atoms with Crippen LogP contribution in [0.1, 0.15) is 13.8 Å². The van der Waals surface area contributed by atoms with Crippen LogP contribution >= 0.6 is 0 Å². The SMILES string of the molecule is COC(=O)N1C[C@H](C)N(C(C)=O)c2ccc(-c3ccc(S(C)(=O)=O)cc3)cc21. The predicted octanol–water partition coefficient (Wildman–Crippen LogP) is 3.08. The molecule has 0 radical (unpaired) electrons. The standard InChI is InChI=1S/C20H22N2O5S/c1-13-12-21(20(24)27-3)19-11-16(7-10-18(19)22(13)14(2)23)15-5-8-17(9-6-15)28(4,25)26/h5-11,13H,12H2,1-4H3/t13-/m0/s1. The molecule has 148 valence electrons. The Labute approximate surface area is 164 Å². The van der Waals surface area contributed by atoms with Crippen molar-refractivity contribution in [3.05, 3.63) is 42.5 Å². The normalized spacial score (nSPS) is 16.5. The third-order valence-electron chi connectivity index (χ3n) is 4.76. The summed E-state index contributed by atoms with van der Waals surface area (Å²) in [7, 11) is -1.96. The second-order valence-electron chi connectivity index (χ2n) is 6.82. The van der Waals surface area contributed by atoms with E-state index in [1.165, 1.54) is 18.9 Å². The molecule has 0 fully saturated rings. The summed E-state index contributed by atoms with van der Waals surface area (Å²) in [6.45, 7) is 3.68. The number of nitrogens with zero attached hydrogens (tertiary/aromatic N) is 2. The van der Waals surface area contributed by atoms with E-state index in [9.17, 15) is 18.0 Å². The number of carbonyl (C=O) groups excluding carboxylic acids is 2. The molecule has 3 rings (SSSR count). The van der Waals surface area contributed by atoms with Crippen LogP contribution in [0.3, 0.4) is 0 Å². The van der Waals surface area contributed by atoms with Crippen LogP contribution < -0.4 is 9.80 Å². The van der Waals surface area contributed by atoms with Crippen molar-refractivity contribution in [1.29, 1.82) is 0 Å². The Bertz CT molecular complexity index is 1030. The summed E-state index contributed by atoms with van der Waals surface area (Å²) in [4.78, 5) is 27.8. The Morgan fingerprint density at radius 1 is 1.04 bits per heavy atom. The maximum atomic E-state index is 12.3. The molecule has 2 aromatic carbocycles. The molecule has 1 aliphatic rings. The molecule has 0 aliphatic carbocycles. The monoisotopic (exact) mass is 402 g/mol. The van der Waals surface area contributed by atoms with E-state index in [1.807, 2.05) is 19.1 Å². The Hall–Kier alpha value is -2.87. The minimum atomic E-state index is -3.28. The van der Waals surface area contributed by atoms with Gasteiger partial charge in [-0.05, 0) is 42.3 Å². The predicted molar refractivity (Wildman–Crippen MR) is 107 cm³/mol. The fourth-order valence-electron chi connectivity index (χ4n) is 3.46. The van der Waals surface area contributed by atoms with Crippen molar-refractivity contribution >= 4 is 33.2 Å². The molecule has 1 aliphatic heterocycles. The number of anilines is 2. The highest BCUT2D eigenvalue weighted by atomic mass is 32.2. The molecule has 0 saturated heterocycles. The fraction of sp³-hybridized carbons (Fsp3) is 0.300. The first-order valence-electron chi connectivity index (χ1n) is 8.73. The van der Waals surface area contributed by atoms with Crippen molar-refractivity contribution in [2.75, 3.05) is 29.7 Å². The van der Waals surface area contributed by atoms with E-state index in [-0.39, 0.29) is 16.8 Å². The zero-order valence-corrected chi connectivity index (χ0v) is 17.0. The number of fused-ring (bicyclic) bond motifs is 1. The maximum absolute atomic E-state index is 12.3. The molecular formula is C20H22N2O5S. The topological polar surface area (TPSA) is 84.0 Å². The largest absolute Gasteiger partial charge is 0.452 e. The number of amides is 2. The first kappa shape index (κ1) is 19.9. The Kier molecular flexibility index (Phi) is 5.16. The van der Waals surface area contributed by atoms with Crippen molar-refractivity contribution in [2.24, 2.45) is 0 Å². The number of hydrogen-bond acceptors (Lipinski definition) is 5. The summed E-state index contributed by atoms with van der Waals surface area (Å²) in [5, 5.41) is 0. The van der Waals surface area contributed by atoms with Crippen molar-refractivity contribution in [3.63, 3.8) is 0 Å². The van der Waals surface area contributed by atoms with Gasteiger partial charge in [0.2, 0.25) is 5.91 Å². The van der Waals surface area contributed by atoms with Crippen molar-refractivity contribution < 1.29 is 22.7 Å². The van der Waals surface area contributed by atoms with Crippen molar-refractivity contribution in [3.8, 4) is 11.1 Å². The van der Waals surface area contributed by atoms with Crippen LogP contribution in [0.25, 0.3) is 11.1 Å². The summed E-state index contributed by atoms with van der Waals surface area (Å²) in [6, 6.07) is 11.8. The number of rotatable bonds is 2. The van der Waals surface area contributed by atoms with Gasteiger partial charge in [-0.25, -0.2) is 13.2 Å². The fourth-order valence-corrected chi connectivity index (χ4v) is 4.09. The lowest BCUT2D eigenvalue weighted by Gasteiger charge is -2.40. The van der Waals surface area contributed by atoms with E-state index < -0.39 is 15.9 Å². The Morgan fingerprint density at radius 2 is 1.64 bits per heavy atom. The molecule has 0 saturated carbocycles. The first-order chi connectivity index (χ1) is 13.1. The van der Waals surface area contributed by atoms with Crippen LogP contribution in [0.5, 0.6) is 0 Å². The molecule has 7 nitrogen and oxygen atoms in total. The quantitative estimate of drug-likeness (QED) is 0.771. The number of methoxy groups -OCH3 is 1. The highest BCUT2D eigenvalue weighted by molar-refractivity contribution is 7.90. The van der Waals surface area contributed by atoms with Gasteiger partial charge in [0.1, 0.15) is 0 Å². The van der Waals surface area contributed by atoms with Crippen LogP contribution in [0, 0.1) is 0 Å². The molecule has 28 heavy (non-hydrogen) atoms. The van der Waals surface area contributed by atoms with Gasteiger partial charge < -0.3 is 9.64 Å². The van der Waals surface area contributed by atoms with Gasteiger partial charge in [-0.15, -0.1) is 0 Å². The molecule has 2 aromatic rings. The second-order valence-corrected chi connectivity index (χ2v) is 8.83.